The molecule has 0 saturated carbocycles. The first-order valence-corrected chi connectivity index (χ1v) is 8.67. The molecule has 0 spiro atoms. The topological polar surface area (TPSA) is 73.0 Å². The third kappa shape index (κ3) is 3.71. The van der Waals surface area contributed by atoms with E-state index in [1.54, 1.807) is 4.68 Å². The molecule has 0 atom stereocenters. The van der Waals surface area contributed by atoms with Crippen molar-refractivity contribution >= 4 is 22.6 Å². The van der Waals surface area contributed by atoms with Crippen molar-refractivity contribution in [2.75, 3.05) is 5.32 Å². The molecule has 2 heterocycles. The predicted octanol–water partition coefficient (Wildman–Crippen LogP) is 4.65. The Kier molecular flexibility index (Phi) is 4.57. The lowest BCUT2D eigenvalue weighted by Gasteiger charge is -2.08. The molecule has 0 saturated heterocycles. The lowest BCUT2D eigenvalue weighted by atomic mass is 10.1. The molecule has 4 rings (SSSR count). The van der Waals surface area contributed by atoms with Crippen molar-refractivity contribution in [3.8, 4) is 0 Å². The Balaban J connectivity index is 1.68. The van der Waals surface area contributed by atoms with E-state index in [0.717, 1.165) is 28.6 Å². The fourth-order valence-corrected chi connectivity index (χ4v) is 3.08. The largest absolute Gasteiger partial charge is 0.416 e. The lowest BCUT2D eigenvalue weighted by Crippen LogP contribution is -2.12. The maximum Gasteiger partial charge on any atom is 0.416 e. The van der Waals surface area contributed by atoms with Gasteiger partial charge in [0.1, 0.15) is 0 Å². The number of carbonyl (C=O) groups excluding carboxylic acids is 1. The Morgan fingerprint density at radius 2 is 1.90 bits per heavy atom. The number of nitrogens with zero attached hydrogens (tertiary/aromatic N) is 3. The highest BCUT2D eigenvalue weighted by Gasteiger charge is 2.30. The molecular formula is C20H15F3N4O2. The zero-order valence-corrected chi connectivity index (χ0v) is 15.2. The summed E-state index contributed by atoms with van der Waals surface area (Å²) in [4.78, 5) is 12.3. The van der Waals surface area contributed by atoms with Gasteiger partial charge < -0.3 is 9.84 Å². The molecule has 1 N–H and O–H groups in total. The number of carbonyl (C=O) groups is 1. The molecule has 6 nitrogen and oxygen atoms in total. The van der Waals surface area contributed by atoms with Crippen LogP contribution >= 0.6 is 0 Å². The molecule has 0 radical (unpaired) electrons. The van der Waals surface area contributed by atoms with Crippen molar-refractivity contribution in [2.24, 2.45) is 0 Å². The highest BCUT2D eigenvalue weighted by Crippen LogP contribution is 2.30. The Labute approximate surface area is 162 Å². The second-order valence-corrected chi connectivity index (χ2v) is 6.50. The minimum absolute atomic E-state index is 0.0454. The van der Waals surface area contributed by atoms with Gasteiger partial charge in [0.15, 0.2) is 5.82 Å². The molecule has 29 heavy (non-hydrogen) atoms. The molecule has 1 amide bonds. The monoisotopic (exact) mass is 400 g/mol. The standard InChI is InChI=1S/C20H15F3N4O2/c1-12-3-2-4-15-17(12)18(25-19(28)16-9-10-24-29-16)26-27(15)11-13-5-7-14(8-6-13)20(21,22)23/h2-10H,11H2,1H3,(H,25,26,28). The summed E-state index contributed by atoms with van der Waals surface area (Å²) >= 11 is 0. The Hall–Kier alpha value is -3.62. The van der Waals surface area contributed by atoms with Gasteiger partial charge in [0, 0.05) is 11.5 Å². The van der Waals surface area contributed by atoms with E-state index < -0.39 is 17.6 Å². The van der Waals surface area contributed by atoms with Crippen LogP contribution < -0.4 is 5.32 Å². The van der Waals surface area contributed by atoms with Gasteiger partial charge in [-0.05, 0) is 36.2 Å². The van der Waals surface area contributed by atoms with Crippen LogP contribution in [-0.4, -0.2) is 20.8 Å². The van der Waals surface area contributed by atoms with Crippen LogP contribution in [0.15, 0.2) is 59.3 Å². The second-order valence-electron chi connectivity index (χ2n) is 6.50. The summed E-state index contributed by atoms with van der Waals surface area (Å²) in [6.45, 7) is 2.13. The second kappa shape index (κ2) is 7.08. The van der Waals surface area contributed by atoms with Gasteiger partial charge in [0.25, 0.3) is 5.91 Å². The third-order valence-corrected chi connectivity index (χ3v) is 4.49. The number of fused-ring (bicyclic) bond motifs is 1. The van der Waals surface area contributed by atoms with E-state index >= 15 is 0 Å². The number of amides is 1. The molecule has 4 aromatic rings. The molecule has 0 aliphatic heterocycles. The lowest BCUT2D eigenvalue weighted by molar-refractivity contribution is -0.137. The van der Waals surface area contributed by atoms with Crippen LogP contribution in [0.5, 0.6) is 0 Å². The molecular weight excluding hydrogens is 385 g/mol. The fraction of sp³-hybridized carbons (Fsp3) is 0.150. The van der Waals surface area contributed by atoms with Gasteiger partial charge in [-0.2, -0.15) is 18.3 Å². The first-order chi connectivity index (χ1) is 13.8. The van der Waals surface area contributed by atoms with Crippen LogP contribution in [0, 0.1) is 6.92 Å². The smallest absolute Gasteiger partial charge is 0.351 e. The molecule has 0 bridgehead atoms. The first-order valence-electron chi connectivity index (χ1n) is 8.67. The molecule has 0 unspecified atom stereocenters. The number of aryl methyl sites for hydroxylation is 1. The van der Waals surface area contributed by atoms with Crippen LogP contribution in [0.1, 0.15) is 27.2 Å². The zero-order chi connectivity index (χ0) is 20.6. The first kappa shape index (κ1) is 18.7. The highest BCUT2D eigenvalue weighted by molar-refractivity contribution is 6.07. The molecule has 9 heteroatoms. The van der Waals surface area contributed by atoms with Gasteiger partial charge >= 0.3 is 6.18 Å². The van der Waals surface area contributed by atoms with Gasteiger partial charge in [-0.25, -0.2) is 0 Å². The Bertz CT molecular complexity index is 1160. The number of halogens is 3. The van der Waals surface area contributed by atoms with Gasteiger partial charge in [-0.3, -0.25) is 9.48 Å². The molecule has 2 aromatic heterocycles. The summed E-state index contributed by atoms with van der Waals surface area (Å²) < 4.78 is 44.8. The van der Waals surface area contributed by atoms with Crippen molar-refractivity contribution in [1.29, 1.82) is 0 Å². The number of alkyl halides is 3. The SMILES string of the molecule is Cc1cccc2c1c(NC(=O)c1ccno1)nn2Cc1ccc(C(F)(F)F)cc1. The van der Waals surface area contributed by atoms with Crippen LogP contribution in [0.2, 0.25) is 0 Å². The summed E-state index contributed by atoms with van der Waals surface area (Å²) in [5.41, 5.74) is 1.59. The average molecular weight is 400 g/mol. The minimum atomic E-state index is -4.38. The summed E-state index contributed by atoms with van der Waals surface area (Å²) in [6.07, 6.45) is -3.02. The molecule has 2 aromatic carbocycles. The van der Waals surface area contributed by atoms with Crippen molar-refractivity contribution < 1.29 is 22.5 Å². The van der Waals surface area contributed by atoms with E-state index in [2.05, 4.69) is 15.6 Å². The number of aromatic nitrogens is 3. The summed E-state index contributed by atoms with van der Waals surface area (Å²) in [6, 6.07) is 11.9. The Morgan fingerprint density at radius 1 is 1.14 bits per heavy atom. The van der Waals surface area contributed by atoms with Crippen molar-refractivity contribution in [1.82, 2.24) is 14.9 Å². The van der Waals surface area contributed by atoms with Crippen molar-refractivity contribution in [3.63, 3.8) is 0 Å². The minimum Gasteiger partial charge on any atom is -0.351 e. The number of anilines is 1. The van der Waals surface area contributed by atoms with Crippen LogP contribution in [-0.2, 0) is 12.7 Å². The van der Waals surface area contributed by atoms with Gasteiger partial charge in [-0.15, -0.1) is 0 Å². The molecule has 148 valence electrons. The zero-order valence-electron chi connectivity index (χ0n) is 15.2. The van der Waals surface area contributed by atoms with Gasteiger partial charge in [0.2, 0.25) is 5.76 Å². The number of rotatable bonds is 4. The van der Waals surface area contributed by atoms with E-state index in [0.29, 0.717) is 11.4 Å². The number of hydrogen-bond donors (Lipinski definition) is 1. The average Bonchev–Trinajstić information content (AvgIpc) is 3.31. The van der Waals surface area contributed by atoms with Crippen LogP contribution in [0.25, 0.3) is 10.9 Å². The molecule has 0 aliphatic carbocycles. The summed E-state index contributed by atoms with van der Waals surface area (Å²) in [5.74, 6) is -0.109. The third-order valence-electron chi connectivity index (χ3n) is 4.49. The van der Waals surface area contributed by atoms with Crippen LogP contribution in [0.4, 0.5) is 19.0 Å². The summed E-state index contributed by atoms with van der Waals surface area (Å²) in [7, 11) is 0. The fourth-order valence-electron chi connectivity index (χ4n) is 3.08. The Morgan fingerprint density at radius 3 is 2.55 bits per heavy atom. The number of nitrogens with one attached hydrogen (secondary N) is 1. The highest BCUT2D eigenvalue weighted by atomic mass is 19.4. The van der Waals surface area contributed by atoms with Crippen LogP contribution in [0.3, 0.4) is 0 Å². The van der Waals surface area contributed by atoms with E-state index in [9.17, 15) is 18.0 Å². The van der Waals surface area contributed by atoms with Crippen molar-refractivity contribution in [2.45, 2.75) is 19.6 Å². The normalized spacial score (nSPS) is 11.7. The van der Waals surface area contributed by atoms with Gasteiger partial charge in [0.05, 0.1) is 23.8 Å². The quantitative estimate of drug-likeness (QED) is 0.541. The number of hydrogen-bond acceptors (Lipinski definition) is 4. The summed E-state index contributed by atoms with van der Waals surface area (Å²) in [5, 5.41) is 11.4. The molecule has 0 fully saturated rings. The maximum atomic E-state index is 12.8. The number of benzene rings is 2. The predicted molar refractivity (Wildman–Crippen MR) is 99.5 cm³/mol. The van der Waals surface area contributed by atoms with Gasteiger partial charge in [-0.1, -0.05) is 29.4 Å². The van der Waals surface area contributed by atoms with E-state index in [1.807, 2.05) is 25.1 Å². The van der Waals surface area contributed by atoms with E-state index in [-0.39, 0.29) is 12.3 Å². The molecule has 0 aliphatic rings. The van der Waals surface area contributed by atoms with Crippen molar-refractivity contribution in [3.05, 3.63) is 77.2 Å². The maximum absolute atomic E-state index is 12.8. The van der Waals surface area contributed by atoms with E-state index in [4.69, 9.17) is 4.52 Å². The van der Waals surface area contributed by atoms with E-state index in [1.165, 1.54) is 24.4 Å².